The van der Waals surface area contributed by atoms with E-state index in [1.807, 2.05) is 0 Å². The number of ether oxygens (including phenoxy) is 1. The molecule has 1 aromatic rings. The summed E-state index contributed by atoms with van der Waals surface area (Å²) in [5, 5.41) is 13.6. The van der Waals surface area contributed by atoms with Crippen LogP contribution in [0.4, 0.5) is 0 Å². The van der Waals surface area contributed by atoms with Crippen LogP contribution in [0.25, 0.3) is 0 Å². The molecule has 0 aliphatic heterocycles. The maximum atomic E-state index is 11.1. The molecular weight excluding hydrogens is 204 g/mol. The lowest BCUT2D eigenvalue weighted by Gasteiger charge is -2.00. The first-order valence-corrected chi connectivity index (χ1v) is 5.39. The van der Waals surface area contributed by atoms with Gasteiger partial charge in [0.2, 0.25) is 5.82 Å². The topological polar surface area (TPSA) is 80.8 Å². The number of nitrogens with one attached hydrogen (secondary N) is 1. The second kappa shape index (κ2) is 4.41. The van der Waals surface area contributed by atoms with Gasteiger partial charge in [-0.15, -0.1) is 22.0 Å². The highest BCUT2D eigenvalue weighted by Gasteiger charge is 2.23. The predicted octanol–water partition coefficient (Wildman–Crippen LogP) is 0.138. The third kappa shape index (κ3) is 2.99. The van der Waals surface area contributed by atoms with Gasteiger partial charge in [-0.1, -0.05) is 5.21 Å². The molecule has 2 rings (SSSR count). The molecule has 1 heterocycles. The van der Waals surface area contributed by atoms with E-state index in [9.17, 15) is 4.79 Å². The molecule has 0 amide bonds. The van der Waals surface area contributed by atoms with Gasteiger partial charge in [-0.05, 0) is 12.8 Å². The molecule has 0 unspecified atom stereocenters. The fraction of sp³-hybridized carbons (Fsp3) is 0.714. The maximum Gasteiger partial charge on any atom is 0.316 e. The van der Waals surface area contributed by atoms with Crippen LogP contribution >= 0.6 is 11.8 Å². The number of aromatic amines is 1. The van der Waals surface area contributed by atoms with Crippen LogP contribution in [-0.2, 0) is 16.1 Å². The minimum absolute atomic E-state index is 0.0978. The SMILES string of the molecule is O=C(CSC1CC1)OCc1nn[nH]n1. The number of rotatable bonds is 5. The lowest BCUT2D eigenvalue weighted by atomic mass is 10.7. The van der Waals surface area contributed by atoms with Crippen molar-refractivity contribution in [2.45, 2.75) is 24.7 Å². The Morgan fingerprint density at radius 1 is 1.64 bits per heavy atom. The van der Waals surface area contributed by atoms with Gasteiger partial charge in [0.1, 0.15) is 0 Å². The molecule has 1 fully saturated rings. The lowest BCUT2D eigenvalue weighted by Crippen LogP contribution is -2.08. The number of nitrogens with zero attached hydrogens (tertiary/aromatic N) is 3. The number of hydrogen-bond donors (Lipinski definition) is 1. The monoisotopic (exact) mass is 214 g/mol. The van der Waals surface area contributed by atoms with Crippen molar-refractivity contribution < 1.29 is 9.53 Å². The van der Waals surface area contributed by atoms with Crippen LogP contribution in [-0.4, -0.2) is 37.6 Å². The fourth-order valence-corrected chi connectivity index (χ4v) is 1.78. The zero-order chi connectivity index (χ0) is 9.80. The molecule has 1 saturated carbocycles. The second-order valence-electron chi connectivity index (χ2n) is 3.00. The molecule has 0 bridgehead atoms. The molecule has 14 heavy (non-hydrogen) atoms. The first-order valence-electron chi connectivity index (χ1n) is 4.34. The molecule has 1 aliphatic rings. The van der Waals surface area contributed by atoms with Crippen molar-refractivity contribution in [2.75, 3.05) is 5.75 Å². The Morgan fingerprint density at radius 3 is 3.14 bits per heavy atom. The zero-order valence-corrected chi connectivity index (χ0v) is 8.29. The van der Waals surface area contributed by atoms with Crippen LogP contribution in [0.5, 0.6) is 0 Å². The van der Waals surface area contributed by atoms with Gasteiger partial charge in [-0.25, -0.2) is 0 Å². The zero-order valence-electron chi connectivity index (χ0n) is 7.47. The van der Waals surface area contributed by atoms with Crippen molar-refractivity contribution in [3.05, 3.63) is 5.82 Å². The Morgan fingerprint density at radius 2 is 2.50 bits per heavy atom. The van der Waals surface area contributed by atoms with E-state index in [1.54, 1.807) is 11.8 Å². The van der Waals surface area contributed by atoms with Gasteiger partial charge in [0, 0.05) is 5.25 Å². The van der Waals surface area contributed by atoms with E-state index in [1.165, 1.54) is 12.8 Å². The number of carbonyl (C=O) groups is 1. The Bertz CT molecular complexity index is 299. The summed E-state index contributed by atoms with van der Waals surface area (Å²) in [6.45, 7) is 0.0978. The standard InChI is InChI=1S/C7H10N4O2S/c12-7(4-14-5-1-2-5)13-3-6-8-10-11-9-6/h5H,1-4H2,(H,8,9,10,11). The normalized spacial score (nSPS) is 15.4. The highest BCUT2D eigenvalue weighted by molar-refractivity contribution is 8.00. The van der Waals surface area contributed by atoms with Crippen molar-refractivity contribution in [3.63, 3.8) is 0 Å². The molecule has 0 aromatic carbocycles. The van der Waals surface area contributed by atoms with E-state index >= 15 is 0 Å². The smallest absolute Gasteiger partial charge is 0.316 e. The Labute approximate surface area is 84.8 Å². The number of hydrogen-bond acceptors (Lipinski definition) is 6. The molecule has 0 atom stereocenters. The molecule has 6 nitrogen and oxygen atoms in total. The molecule has 0 spiro atoms. The summed E-state index contributed by atoms with van der Waals surface area (Å²) in [5.41, 5.74) is 0. The number of H-pyrrole nitrogens is 1. The van der Waals surface area contributed by atoms with Gasteiger partial charge in [0.25, 0.3) is 0 Å². The second-order valence-corrected chi connectivity index (χ2v) is 4.29. The van der Waals surface area contributed by atoms with Crippen molar-refractivity contribution >= 4 is 17.7 Å². The average Bonchev–Trinajstić information content (AvgIpc) is 2.87. The summed E-state index contributed by atoms with van der Waals surface area (Å²) >= 11 is 1.65. The molecule has 0 radical (unpaired) electrons. The highest BCUT2D eigenvalue weighted by Crippen LogP contribution is 2.33. The predicted molar refractivity (Wildman–Crippen MR) is 49.5 cm³/mol. The van der Waals surface area contributed by atoms with Crippen molar-refractivity contribution in [3.8, 4) is 0 Å². The third-order valence-corrected chi connectivity index (χ3v) is 3.06. The summed E-state index contributed by atoms with van der Waals surface area (Å²) in [5.74, 6) is 0.601. The van der Waals surface area contributed by atoms with E-state index in [0.29, 0.717) is 16.8 Å². The molecule has 1 aromatic heterocycles. The van der Waals surface area contributed by atoms with Crippen molar-refractivity contribution in [2.24, 2.45) is 0 Å². The van der Waals surface area contributed by atoms with Crippen LogP contribution in [0.3, 0.4) is 0 Å². The van der Waals surface area contributed by atoms with Gasteiger partial charge in [-0.3, -0.25) is 4.79 Å². The quantitative estimate of drug-likeness (QED) is 0.702. The molecule has 7 heteroatoms. The minimum Gasteiger partial charge on any atom is -0.457 e. The number of tetrazole rings is 1. The van der Waals surface area contributed by atoms with Gasteiger partial charge in [0.15, 0.2) is 6.61 Å². The van der Waals surface area contributed by atoms with Crippen LogP contribution in [0, 0.1) is 0 Å². The van der Waals surface area contributed by atoms with E-state index < -0.39 is 0 Å². The largest absolute Gasteiger partial charge is 0.457 e. The number of thioether (sulfide) groups is 1. The van der Waals surface area contributed by atoms with Gasteiger partial charge in [-0.2, -0.15) is 5.21 Å². The molecule has 0 saturated heterocycles. The summed E-state index contributed by atoms with van der Waals surface area (Å²) < 4.78 is 4.92. The van der Waals surface area contributed by atoms with E-state index in [0.717, 1.165) is 0 Å². The van der Waals surface area contributed by atoms with Gasteiger partial charge >= 0.3 is 5.97 Å². The number of esters is 1. The van der Waals surface area contributed by atoms with Crippen LogP contribution in [0.1, 0.15) is 18.7 Å². The van der Waals surface area contributed by atoms with Crippen LogP contribution in [0.15, 0.2) is 0 Å². The van der Waals surface area contributed by atoms with E-state index in [4.69, 9.17) is 4.74 Å². The van der Waals surface area contributed by atoms with Crippen LogP contribution < -0.4 is 0 Å². The lowest BCUT2D eigenvalue weighted by molar-refractivity contribution is -0.141. The van der Waals surface area contributed by atoms with Gasteiger partial charge < -0.3 is 4.74 Å². The summed E-state index contributed by atoms with van der Waals surface area (Å²) in [4.78, 5) is 11.1. The average molecular weight is 214 g/mol. The maximum absolute atomic E-state index is 11.1. The van der Waals surface area contributed by atoms with Crippen LogP contribution in [0.2, 0.25) is 0 Å². The fourth-order valence-electron chi connectivity index (χ4n) is 0.851. The molecular formula is C7H10N4O2S. The Balaban J connectivity index is 1.62. The summed E-state index contributed by atoms with van der Waals surface area (Å²) in [6.07, 6.45) is 2.45. The first-order chi connectivity index (χ1) is 6.84. The van der Waals surface area contributed by atoms with E-state index in [-0.39, 0.29) is 12.6 Å². The Kier molecular flexibility index (Phi) is 2.97. The highest BCUT2D eigenvalue weighted by atomic mass is 32.2. The molecule has 76 valence electrons. The third-order valence-electron chi connectivity index (χ3n) is 1.71. The first kappa shape index (κ1) is 9.45. The summed E-state index contributed by atoms with van der Waals surface area (Å²) in [7, 11) is 0. The van der Waals surface area contributed by atoms with Crippen molar-refractivity contribution in [1.29, 1.82) is 0 Å². The molecule has 1 N–H and O–H groups in total. The van der Waals surface area contributed by atoms with E-state index in [2.05, 4.69) is 20.6 Å². The Hall–Kier alpha value is -1.11. The number of carbonyl (C=O) groups excluding carboxylic acids is 1. The number of aromatic nitrogens is 4. The molecule has 1 aliphatic carbocycles. The summed E-state index contributed by atoms with van der Waals surface area (Å²) in [6, 6.07) is 0. The van der Waals surface area contributed by atoms with Gasteiger partial charge in [0.05, 0.1) is 5.75 Å². The van der Waals surface area contributed by atoms with Crippen molar-refractivity contribution in [1.82, 2.24) is 20.6 Å². The minimum atomic E-state index is -0.216.